The molecule has 0 radical (unpaired) electrons. The van der Waals surface area contributed by atoms with Gasteiger partial charge < -0.3 is 10.6 Å². The van der Waals surface area contributed by atoms with Crippen molar-refractivity contribution in [3.8, 4) is 0 Å². The van der Waals surface area contributed by atoms with Crippen molar-refractivity contribution in [2.45, 2.75) is 33.6 Å². The molecule has 0 aliphatic heterocycles. The molecule has 0 rings (SSSR count). The fourth-order valence-corrected chi connectivity index (χ4v) is 3.14. The zero-order chi connectivity index (χ0) is 13.8. The topological polar surface area (TPSA) is 58.2 Å². The molecule has 0 aromatic rings. The first kappa shape index (κ1) is 17.6. The van der Waals surface area contributed by atoms with Crippen LogP contribution in [0.1, 0.15) is 33.6 Å². The maximum atomic E-state index is 11.4. The summed E-state index contributed by atoms with van der Waals surface area (Å²) in [6.45, 7) is 6.84. The van der Waals surface area contributed by atoms with Crippen molar-refractivity contribution in [2.75, 3.05) is 24.6 Å². The van der Waals surface area contributed by atoms with Crippen molar-refractivity contribution in [3.05, 3.63) is 0 Å². The van der Waals surface area contributed by atoms with E-state index < -0.39 is 0 Å². The van der Waals surface area contributed by atoms with E-state index in [0.717, 1.165) is 11.5 Å². The molecule has 0 saturated carbocycles. The Labute approximate surface area is 118 Å². The molecule has 0 unspecified atom stereocenters. The molecule has 4 nitrogen and oxygen atoms in total. The summed E-state index contributed by atoms with van der Waals surface area (Å²) in [6, 6.07) is 0. The van der Waals surface area contributed by atoms with Crippen molar-refractivity contribution in [3.63, 3.8) is 0 Å². The summed E-state index contributed by atoms with van der Waals surface area (Å²) in [4.78, 5) is 22.6. The summed E-state index contributed by atoms with van der Waals surface area (Å²) in [5, 5.41) is 5.55. The predicted octanol–water partition coefficient (Wildman–Crippen LogP) is 2.06. The summed E-state index contributed by atoms with van der Waals surface area (Å²) in [6.07, 6.45) is 1.71. The van der Waals surface area contributed by atoms with Gasteiger partial charge in [-0.05, 0) is 6.42 Å². The Morgan fingerprint density at radius 3 is 2.28 bits per heavy atom. The zero-order valence-corrected chi connectivity index (χ0v) is 13.1. The average Bonchev–Trinajstić information content (AvgIpc) is 2.34. The Kier molecular flexibility index (Phi) is 11.5. The number of rotatable bonds is 10. The number of nitrogens with one attached hydrogen (secondary N) is 2. The minimum atomic E-state index is -0.00677. The van der Waals surface area contributed by atoms with Gasteiger partial charge >= 0.3 is 0 Å². The Bertz CT molecular complexity index is 248. The first-order valence-electron chi connectivity index (χ1n) is 6.36. The Morgan fingerprint density at radius 1 is 1.06 bits per heavy atom. The van der Waals surface area contributed by atoms with E-state index in [1.807, 2.05) is 24.6 Å². The lowest BCUT2D eigenvalue weighted by molar-refractivity contribution is -0.124. The maximum absolute atomic E-state index is 11.4. The number of hydrogen-bond donors (Lipinski definition) is 2. The third-order valence-corrected chi connectivity index (χ3v) is 4.67. The van der Waals surface area contributed by atoms with E-state index >= 15 is 0 Å². The van der Waals surface area contributed by atoms with Gasteiger partial charge in [0.05, 0.1) is 0 Å². The SMILES string of the molecule is CCCSSCCC(=O)NCCNC(=O)C(C)C. The third-order valence-electron chi connectivity index (χ3n) is 2.05. The molecule has 0 spiro atoms. The van der Waals surface area contributed by atoms with E-state index in [2.05, 4.69) is 17.6 Å². The van der Waals surface area contributed by atoms with Crippen molar-refractivity contribution in [1.29, 1.82) is 0 Å². The Morgan fingerprint density at radius 2 is 1.67 bits per heavy atom. The molecule has 2 N–H and O–H groups in total. The second-order valence-corrected chi connectivity index (χ2v) is 6.89. The van der Waals surface area contributed by atoms with E-state index in [1.165, 1.54) is 6.42 Å². The lowest BCUT2D eigenvalue weighted by Crippen LogP contribution is -2.36. The molecule has 0 aromatic carbocycles. The van der Waals surface area contributed by atoms with Crippen LogP contribution in [0.25, 0.3) is 0 Å². The van der Waals surface area contributed by atoms with Crippen LogP contribution in [0.4, 0.5) is 0 Å². The molecule has 0 atom stereocenters. The Balaban J connectivity index is 3.34. The molecule has 18 heavy (non-hydrogen) atoms. The predicted molar refractivity (Wildman–Crippen MR) is 80.7 cm³/mol. The van der Waals surface area contributed by atoms with Gasteiger partial charge in [-0.15, -0.1) is 0 Å². The van der Waals surface area contributed by atoms with Crippen LogP contribution < -0.4 is 10.6 Å². The van der Waals surface area contributed by atoms with Gasteiger partial charge in [0.15, 0.2) is 0 Å². The highest BCUT2D eigenvalue weighted by molar-refractivity contribution is 8.76. The highest BCUT2D eigenvalue weighted by atomic mass is 33.1. The molecule has 0 saturated heterocycles. The molecule has 2 amide bonds. The summed E-state index contributed by atoms with van der Waals surface area (Å²) in [7, 11) is 3.55. The van der Waals surface area contributed by atoms with E-state index in [0.29, 0.717) is 19.5 Å². The molecule has 0 fully saturated rings. The van der Waals surface area contributed by atoms with Crippen LogP contribution >= 0.6 is 21.6 Å². The lowest BCUT2D eigenvalue weighted by atomic mass is 10.2. The van der Waals surface area contributed by atoms with Crippen molar-refractivity contribution >= 4 is 33.4 Å². The second kappa shape index (κ2) is 11.7. The number of amides is 2. The van der Waals surface area contributed by atoms with Crippen LogP contribution in [-0.4, -0.2) is 36.4 Å². The molecular formula is C12H24N2O2S2. The highest BCUT2D eigenvalue weighted by Crippen LogP contribution is 2.22. The molecule has 0 aromatic heterocycles. The van der Waals surface area contributed by atoms with Crippen molar-refractivity contribution < 1.29 is 9.59 Å². The molecule has 106 valence electrons. The maximum Gasteiger partial charge on any atom is 0.222 e. The minimum Gasteiger partial charge on any atom is -0.354 e. The fraction of sp³-hybridized carbons (Fsp3) is 0.833. The van der Waals surface area contributed by atoms with Gasteiger partial charge in [0.2, 0.25) is 11.8 Å². The monoisotopic (exact) mass is 292 g/mol. The number of carbonyl (C=O) groups excluding carboxylic acids is 2. The van der Waals surface area contributed by atoms with E-state index in [9.17, 15) is 9.59 Å². The van der Waals surface area contributed by atoms with Gasteiger partial charge in [-0.1, -0.05) is 42.4 Å². The summed E-state index contributed by atoms with van der Waals surface area (Å²) < 4.78 is 0. The standard InChI is InChI=1S/C12H24N2O2S2/c1-4-8-17-18-9-5-11(15)13-6-7-14-12(16)10(2)3/h10H,4-9H2,1-3H3,(H,13,15)(H,14,16). The Hall–Kier alpha value is -0.360. The molecule has 0 heterocycles. The summed E-state index contributed by atoms with van der Waals surface area (Å²) in [5.41, 5.74) is 0. The van der Waals surface area contributed by atoms with Crippen LogP contribution in [0.5, 0.6) is 0 Å². The molecule has 0 bridgehead atoms. The minimum absolute atomic E-state index is 0.00677. The van der Waals surface area contributed by atoms with Gasteiger partial charge in [0.25, 0.3) is 0 Å². The fourth-order valence-electron chi connectivity index (χ4n) is 1.02. The van der Waals surface area contributed by atoms with Gasteiger partial charge in [0.1, 0.15) is 0 Å². The van der Waals surface area contributed by atoms with Crippen LogP contribution in [0.15, 0.2) is 0 Å². The molecular weight excluding hydrogens is 268 g/mol. The van der Waals surface area contributed by atoms with Crippen LogP contribution in [0.3, 0.4) is 0 Å². The first-order valence-corrected chi connectivity index (χ1v) is 8.85. The smallest absolute Gasteiger partial charge is 0.222 e. The largest absolute Gasteiger partial charge is 0.354 e. The van der Waals surface area contributed by atoms with E-state index in [-0.39, 0.29) is 17.7 Å². The van der Waals surface area contributed by atoms with Gasteiger partial charge in [-0.2, -0.15) is 0 Å². The molecule has 6 heteroatoms. The third kappa shape index (κ3) is 10.8. The van der Waals surface area contributed by atoms with Gasteiger partial charge in [0, 0.05) is 36.9 Å². The molecule has 0 aliphatic rings. The first-order chi connectivity index (χ1) is 8.57. The van der Waals surface area contributed by atoms with Crippen LogP contribution in [0.2, 0.25) is 0 Å². The van der Waals surface area contributed by atoms with Gasteiger partial charge in [-0.25, -0.2) is 0 Å². The van der Waals surface area contributed by atoms with Crippen LogP contribution in [-0.2, 0) is 9.59 Å². The quantitative estimate of drug-likeness (QED) is 0.478. The molecule has 0 aliphatic carbocycles. The summed E-state index contributed by atoms with van der Waals surface area (Å²) in [5.74, 6) is 2.05. The van der Waals surface area contributed by atoms with Crippen LogP contribution in [0, 0.1) is 5.92 Å². The van der Waals surface area contributed by atoms with Gasteiger partial charge in [-0.3, -0.25) is 9.59 Å². The summed E-state index contributed by atoms with van der Waals surface area (Å²) >= 11 is 0. The zero-order valence-electron chi connectivity index (χ0n) is 11.5. The van der Waals surface area contributed by atoms with E-state index in [4.69, 9.17) is 0 Å². The average molecular weight is 292 g/mol. The normalized spacial score (nSPS) is 10.4. The van der Waals surface area contributed by atoms with Crippen molar-refractivity contribution in [2.24, 2.45) is 5.92 Å². The van der Waals surface area contributed by atoms with Crippen molar-refractivity contribution in [1.82, 2.24) is 10.6 Å². The lowest BCUT2D eigenvalue weighted by Gasteiger charge is -2.08. The second-order valence-electron chi connectivity index (χ2n) is 4.19. The van der Waals surface area contributed by atoms with E-state index in [1.54, 1.807) is 10.8 Å². The number of hydrogen-bond acceptors (Lipinski definition) is 4. The highest BCUT2D eigenvalue weighted by Gasteiger charge is 2.05. The number of carbonyl (C=O) groups is 2.